The van der Waals surface area contributed by atoms with Crippen LogP contribution in [-0.2, 0) is 14.3 Å². The molecule has 2 aliphatic heterocycles. The van der Waals surface area contributed by atoms with Crippen LogP contribution in [0.25, 0.3) is 0 Å². The Morgan fingerprint density at radius 2 is 2.12 bits per heavy atom. The van der Waals surface area contributed by atoms with Gasteiger partial charge in [-0.25, -0.2) is 0 Å². The van der Waals surface area contributed by atoms with Gasteiger partial charge < -0.3 is 14.2 Å². The number of esters is 1. The van der Waals surface area contributed by atoms with Crippen LogP contribution >= 0.6 is 22.6 Å². The third-order valence-electron chi connectivity index (χ3n) is 4.46. The maximum Gasteiger partial charge on any atom is 0.573 e. The molecule has 3 aliphatic rings. The molecule has 2 heterocycles. The molecule has 0 radical (unpaired) electrons. The Kier molecular flexibility index (Phi) is 4.48. The first-order valence-electron chi connectivity index (χ1n) is 7.50. The Hall–Kier alpha value is -1.03. The van der Waals surface area contributed by atoms with Crippen molar-refractivity contribution in [1.82, 2.24) is 0 Å². The summed E-state index contributed by atoms with van der Waals surface area (Å²) in [5.41, 5.74) is -0.731. The van der Waals surface area contributed by atoms with Gasteiger partial charge in [-0.1, -0.05) is 34.7 Å². The van der Waals surface area contributed by atoms with Crippen LogP contribution < -0.4 is 4.74 Å². The molecule has 0 spiro atoms. The van der Waals surface area contributed by atoms with Crippen molar-refractivity contribution in [3.05, 3.63) is 29.8 Å². The third-order valence-corrected chi connectivity index (χ3v) is 5.86. The Bertz CT molecular complexity index is 640. The van der Waals surface area contributed by atoms with Crippen LogP contribution in [-0.4, -0.2) is 29.0 Å². The Labute approximate surface area is 150 Å². The summed E-state index contributed by atoms with van der Waals surface area (Å²) in [6, 6.07) is 5.61. The van der Waals surface area contributed by atoms with E-state index in [1.54, 1.807) is 13.0 Å². The zero-order valence-electron chi connectivity index (χ0n) is 12.9. The van der Waals surface area contributed by atoms with Crippen LogP contribution in [0, 0.1) is 5.41 Å². The monoisotopic (exact) mass is 456 g/mol. The first kappa shape index (κ1) is 17.8. The second kappa shape index (κ2) is 6.05. The van der Waals surface area contributed by atoms with Gasteiger partial charge in [0.05, 0.1) is 18.3 Å². The molecule has 1 aromatic carbocycles. The van der Waals surface area contributed by atoms with Gasteiger partial charge in [-0.05, 0) is 37.5 Å². The molecule has 24 heavy (non-hydrogen) atoms. The molecule has 8 heteroatoms. The van der Waals surface area contributed by atoms with E-state index in [4.69, 9.17) is 9.47 Å². The van der Waals surface area contributed by atoms with Crippen molar-refractivity contribution in [2.75, 3.05) is 11.0 Å². The molecule has 3 fully saturated rings. The Balaban J connectivity index is 1.90. The van der Waals surface area contributed by atoms with Crippen molar-refractivity contribution in [3.8, 4) is 5.75 Å². The molecule has 1 atom stereocenters. The smallest absolute Gasteiger partial charge is 0.465 e. The van der Waals surface area contributed by atoms with Gasteiger partial charge >= 0.3 is 12.3 Å². The van der Waals surface area contributed by atoms with Crippen molar-refractivity contribution >= 4 is 28.6 Å². The molecular formula is C16H16F3IO4. The van der Waals surface area contributed by atoms with E-state index < -0.39 is 23.5 Å². The summed E-state index contributed by atoms with van der Waals surface area (Å²) in [5, 5.41) is 0. The topological polar surface area (TPSA) is 44.8 Å². The maximum absolute atomic E-state index is 12.4. The van der Waals surface area contributed by atoms with Crippen LogP contribution in [0.15, 0.2) is 24.3 Å². The molecule has 0 aromatic heterocycles. The molecule has 2 saturated heterocycles. The van der Waals surface area contributed by atoms with Crippen LogP contribution in [0.2, 0.25) is 0 Å². The summed E-state index contributed by atoms with van der Waals surface area (Å²) in [6.07, 6.45) is -4.34. The highest BCUT2D eigenvalue weighted by Gasteiger charge is 2.72. The minimum absolute atomic E-state index is 0.252. The summed E-state index contributed by atoms with van der Waals surface area (Å²) in [5.74, 6) is -0.676. The summed E-state index contributed by atoms with van der Waals surface area (Å²) in [4.78, 5) is 12.4. The number of halogens is 4. The number of benzene rings is 1. The zero-order chi connectivity index (χ0) is 17.6. The van der Waals surface area contributed by atoms with Crippen molar-refractivity contribution in [2.24, 2.45) is 5.41 Å². The normalized spacial score (nSPS) is 31.5. The average Bonchev–Trinajstić information content (AvgIpc) is 2.97. The second-order valence-corrected chi connectivity index (χ2v) is 6.93. The van der Waals surface area contributed by atoms with Gasteiger partial charge in [0.2, 0.25) is 0 Å². The minimum Gasteiger partial charge on any atom is -0.465 e. The summed E-state index contributed by atoms with van der Waals surface area (Å²) >= 11 is 2.20. The fourth-order valence-electron chi connectivity index (χ4n) is 3.64. The lowest BCUT2D eigenvalue weighted by Gasteiger charge is -2.42. The van der Waals surface area contributed by atoms with Gasteiger partial charge in [0.15, 0.2) is 0 Å². The molecule has 1 saturated carbocycles. The summed E-state index contributed by atoms with van der Waals surface area (Å²) in [6.45, 7) is 1.98. The molecule has 4 nitrogen and oxygen atoms in total. The maximum atomic E-state index is 12.4. The van der Waals surface area contributed by atoms with Gasteiger partial charge in [0, 0.05) is 4.43 Å². The quantitative estimate of drug-likeness (QED) is 0.379. The predicted molar refractivity (Wildman–Crippen MR) is 86.9 cm³/mol. The second-order valence-electron chi connectivity index (χ2n) is 6.16. The van der Waals surface area contributed by atoms with E-state index in [0.29, 0.717) is 22.8 Å². The van der Waals surface area contributed by atoms with Crippen molar-refractivity contribution < 1.29 is 32.2 Å². The van der Waals surface area contributed by atoms with Crippen LogP contribution in [0.5, 0.6) is 5.75 Å². The fraction of sp³-hybridized carbons (Fsp3) is 0.562. The van der Waals surface area contributed by atoms with Gasteiger partial charge in [-0.3, -0.25) is 4.79 Å². The molecule has 0 amide bonds. The molecule has 132 valence electrons. The molecule has 1 unspecified atom stereocenters. The number of carbonyl (C=O) groups is 1. The van der Waals surface area contributed by atoms with Crippen molar-refractivity contribution in [3.63, 3.8) is 0 Å². The number of carbonyl (C=O) groups excluding carboxylic acids is 1. The highest BCUT2D eigenvalue weighted by atomic mass is 127. The lowest BCUT2D eigenvalue weighted by atomic mass is 9.60. The van der Waals surface area contributed by atoms with Crippen molar-refractivity contribution in [2.45, 2.75) is 37.8 Å². The van der Waals surface area contributed by atoms with Crippen LogP contribution in [0.3, 0.4) is 0 Å². The lowest BCUT2D eigenvalue weighted by Crippen LogP contribution is -2.50. The van der Waals surface area contributed by atoms with E-state index in [9.17, 15) is 18.0 Å². The van der Waals surface area contributed by atoms with Crippen LogP contribution in [0.4, 0.5) is 13.2 Å². The highest BCUT2D eigenvalue weighted by Crippen LogP contribution is 2.68. The third kappa shape index (κ3) is 2.98. The number of ether oxygens (including phenoxy) is 3. The molecule has 1 aromatic rings. The molecule has 1 aliphatic carbocycles. The lowest BCUT2D eigenvalue weighted by molar-refractivity contribution is -0.274. The minimum atomic E-state index is -4.76. The SMILES string of the molecule is CCOC(=O)C12CC(CI)(C1)OC2c1cccc(OC(F)(F)F)c1. The van der Waals surface area contributed by atoms with E-state index in [2.05, 4.69) is 27.3 Å². The Morgan fingerprint density at radius 1 is 1.42 bits per heavy atom. The van der Waals surface area contributed by atoms with E-state index in [-0.39, 0.29) is 18.3 Å². The van der Waals surface area contributed by atoms with Gasteiger partial charge in [-0.15, -0.1) is 13.2 Å². The molecule has 2 bridgehead atoms. The predicted octanol–water partition coefficient (Wildman–Crippen LogP) is 4.17. The fourth-order valence-corrected chi connectivity index (χ4v) is 4.36. The van der Waals surface area contributed by atoms with E-state index >= 15 is 0 Å². The van der Waals surface area contributed by atoms with Crippen molar-refractivity contribution in [1.29, 1.82) is 0 Å². The van der Waals surface area contributed by atoms with E-state index in [1.165, 1.54) is 18.2 Å². The number of fused-ring (bicyclic) bond motifs is 1. The Morgan fingerprint density at radius 3 is 2.71 bits per heavy atom. The largest absolute Gasteiger partial charge is 0.573 e. The molecular weight excluding hydrogens is 440 g/mol. The number of alkyl halides is 4. The molecule has 0 N–H and O–H groups in total. The summed E-state index contributed by atoms with van der Waals surface area (Å²) < 4.78 is 53.2. The first-order valence-corrected chi connectivity index (χ1v) is 9.03. The first-order chi connectivity index (χ1) is 11.2. The number of hydrogen-bond donors (Lipinski definition) is 0. The van der Waals surface area contributed by atoms with Gasteiger partial charge in [0.1, 0.15) is 11.2 Å². The van der Waals surface area contributed by atoms with Gasteiger partial charge in [0.25, 0.3) is 0 Å². The van der Waals surface area contributed by atoms with Gasteiger partial charge in [-0.2, -0.15) is 0 Å². The summed E-state index contributed by atoms with van der Waals surface area (Å²) in [7, 11) is 0. The van der Waals surface area contributed by atoms with Crippen LogP contribution in [0.1, 0.15) is 31.4 Å². The molecule has 4 rings (SSSR count). The average molecular weight is 456 g/mol. The van der Waals surface area contributed by atoms with E-state index in [0.717, 1.165) is 0 Å². The standard InChI is InChI=1S/C16H16F3IO4/c1-2-22-13(21)15-7-14(8-15,9-20)24-12(15)10-4-3-5-11(6-10)23-16(17,18)19/h3-6,12H,2,7-9H2,1H3. The van der Waals surface area contributed by atoms with E-state index in [1.807, 2.05) is 0 Å². The number of hydrogen-bond acceptors (Lipinski definition) is 4. The number of rotatable bonds is 5. The highest BCUT2D eigenvalue weighted by molar-refractivity contribution is 14.1. The zero-order valence-corrected chi connectivity index (χ0v) is 15.0.